The summed E-state index contributed by atoms with van der Waals surface area (Å²) in [5.41, 5.74) is 0.958. The zero-order chi connectivity index (χ0) is 13.1. The van der Waals surface area contributed by atoms with Crippen molar-refractivity contribution in [2.24, 2.45) is 0 Å². The van der Waals surface area contributed by atoms with Crippen molar-refractivity contribution < 1.29 is 4.39 Å². The average Bonchev–Trinajstić information content (AvgIpc) is 2.88. The van der Waals surface area contributed by atoms with Crippen LogP contribution in [0, 0.1) is 5.82 Å². The first-order valence-electron chi connectivity index (χ1n) is 6.53. The summed E-state index contributed by atoms with van der Waals surface area (Å²) in [4.78, 5) is 6.72. The Morgan fingerprint density at radius 1 is 1.21 bits per heavy atom. The van der Waals surface area contributed by atoms with Crippen molar-refractivity contribution in [2.45, 2.75) is 13.1 Å². The van der Waals surface area contributed by atoms with Crippen molar-refractivity contribution in [1.82, 2.24) is 14.5 Å². The maximum Gasteiger partial charge on any atom is 0.123 e. The summed E-state index contributed by atoms with van der Waals surface area (Å²) in [6, 6.07) is 6.47. The highest BCUT2D eigenvalue weighted by Crippen LogP contribution is 2.11. The van der Waals surface area contributed by atoms with Gasteiger partial charge in [0.05, 0.1) is 6.54 Å². The van der Waals surface area contributed by atoms with Crippen molar-refractivity contribution in [3.63, 3.8) is 0 Å². The molecule has 1 aliphatic heterocycles. The first-order valence-corrected chi connectivity index (χ1v) is 6.53. The molecule has 0 atom stereocenters. The number of rotatable bonds is 4. The predicted molar refractivity (Wildman–Crippen MR) is 72.4 cm³/mol. The fourth-order valence-electron chi connectivity index (χ4n) is 2.34. The highest BCUT2D eigenvalue weighted by atomic mass is 19.1. The van der Waals surface area contributed by atoms with Crippen LogP contribution in [-0.2, 0) is 13.1 Å². The van der Waals surface area contributed by atoms with Crippen LogP contribution in [0.3, 0.4) is 0 Å². The number of halogens is 1. The summed E-state index contributed by atoms with van der Waals surface area (Å²) in [5.74, 6) is 0.932. The number of aromatic nitrogens is 2. The van der Waals surface area contributed by atoms with Crippen molar-refractivity contribution in [1.29, 1.82) is 0 Å². The first kappa shape index (κ1) is 12.2. The third-order valence-electron chi connectivity index (χ3n) is 3.43. The predicted octanol–water partition coefficient (Wildman–Crippen LogP) is 1.95. The maximum atomic E-state index is 12.8. The fourth-order valence-corrected chi connectivity index (χ4v) is 2.34. The average molecular weight is 260 g/mol. The Balaban J connectivity index is 1.47. The van der Waals surface area contributed by atoms with Gasteiger partial charge in [0.1, 0.15) is 11.6 Å². The number of imidazole rings is 1. The lowest BCUT2D eigenvalue weighted by atomic mass is 10.3. The van der Waals surface area contributed by atoms with Crippen molar-refractivity contribution in [3.8, 4) is 0 Å². The second-order valence-electron chi connectivity index (χ2n) is 4.75. The van der Waals surface area contributed by atoms with Gasteiger partial charge in [-0.3, -0.25) is 4.90 Å². The molecule has 0 saturated heterocycles. The summed E-state index contributed by atoms with van der Waals surface area (Å²) in [6.07, 6.45) is 3.89. The van der Waals surface area contributed by atoms with E-state index in [0.29, 0.717) is 0 Å². The normalized spacial score (nSPS) is 15.2. The molecule has 2 aromatic rings. The monoisotopic (exact) mass is 260 g/mol. The molecule has 4 nitrogen and oxygen atoms in total. The minimum absolute atomic E-state index is 0.201. The number of benzene rings is 1. The van der Waals surface area contributed by atoms with Crippen LogP contribution >= 0.6 is 0 Å². The fraction of sp³-hybridized carbons (Fsp3) is 0.357. The Hall–Kier alpha value is -1.88. The number of hydrogen-bond donors (Lipinski definition) is 1. The van der Waals surface area contributed by atoms with Gasteiger partial charge >= 0.3 is 0 Å². The summed E-state index contributed by atoms with van der Waals surface area (Å²) in [7, 11) is 0. The van der Waals surface area contributed by atoms with Gasteiger partial charge in [0, 0.05) is 44.3 Å². The summed E-state index contributed by atoms with van der Waals surface area (Å²) < 4.78 is 15.0. The van der Waals surface area contributed by atoms with Gasteiger partial charge in [-0.25, -0.2) is 9.37 Å². The third-order valence-corrected chi connectivity index (χ3v) is 3.43. The molecule has 1 aromatic carbocycles. The van der Waals surface area contributed by atoms with Gasteiger partial charge in [-0.05, 0) is 24.3 Å². The van der Waals surface area contributed by atoms with Crippen LogP contribution in [0.15, 0.2) is 36.7 Å². The van der Waals surface area contributed by atoms with Crippen LogP contribution in [0.5, 0.6) is 0 Å². The molecule has 2 heterocycles. The van der Waals surface area contributed by atoms with Gasteiger partial charge in [0.2, 0.25) is 0 Å². The summed E-state index contributed by atoms with van der Waals surface area (Å²) >= 11 is 0. The van der Waals surface area contributed by atoms with E-state index in [9.17, 15) is 4.39 Å². The lowest BCUT2D eigenvalue weighted by molar-refractivity contribution is 0.225. The zero-order valence-electron chi connectivity index (χ0n) is 10.7. The highest BCUT2D eigenvalue weighted by Gasteiger charge is 2.15. The maximum absolute atomic E-state index is 12.8. The van der Waals surface area contributed by atoms with E-state index in [-0.39, 0.29) is 5.82 Å². The molecule has 0 radical (unpaired) electrons. The Morgan fingerprint density at radius 3 is 2.89 bits per heavy atom. The molecule has 1 N–H and O–H groups in total. The minimum Gasteiger partial charge on any atom is -0.384 e. The van der Waals surface area contributed by atoms with E-state index < -0.39 is 0 Å². The van der Waals surface area contributed by atoms with Gasteiger partial charge in [0.15, 0.2) is 0 Å². The van der Waals surface area contributed by atoms with E-state index in [1.807, 2.05) is 12.4 Å². The van der Waals surface area contributed by atoms with Crippen LogP contribution in [0.25, 0.3) is 0 Å². The van der Waals surface area contributed by atoms with Gasteiger partial charge in [0.25, 0.3) is 0 Å². The van der Waals surface area contributed by atoms with Gasteiger partial charge in [-0.1, -0.05) is 0 Å². The molecule has 3 rings (SSSR count). The molecule has 0 unspecified atom stereocenters. The largest absolute Gasteiger partial charge is 0.384 e. The van der Waals surface area contributed by atoms with Crippen LogP contribution < -0.4 is 5.32 Å². The molecule has 0 fully saturated rings. The molecule has 19 heavy (non-hydrogen) atoms. The molecule has 0 bridgehead atoms. The third kappa shape index (κ3) is 2.93. The Labute approximate surface area is 111 Å². The smallest absolute Gasteiger partial charge is 0.123 e. The number of hydrogen-bond acceptors (Lipinski definition) is 3. The number of nitrogens with one attached hydrogen (secondary N) is 1. The molecular weight excluding hydrogens is 243 g/mol. The molecule has 0 saturated carbocycles. The second kappa shape index (κ2) is 5.40. The van der Waals surface area contributed by atoms with Crippen molar-refractivity contribution in [2.75, 3.05) is 25.0 Å². The van der Waals surface area contributed by atoms with E-state index in [2.05, 4.69) is 19.8 Å². The quantitative estimate of drug-likeness (QED) is 0.912. The van der Waals surface area contributed by atoms with Gasteiger partial charge in [-0.15, -0.1) is 0 Å². The number of nitrogens with zero attached hydrogens (tertiary/aromatic N) is 3. The first-order chi connectivity index (χ1) is 9.31. The molecule has 0 spiro atoms. The zero-order valence-corrected chi connectivity index (χ0v) is 10.7. The summed E-state index contributed by atoms with van der Waals surface area (Å²) in [6.45, 7) is 4.77. The standard InChI is InChI=1S/C14H17FN4/c15-12-1-3-13(4-2-12)16-5-7-18-9-10-19-8-6-17-14(19)11-18/h1-4,6,8,16H,5,7,9-11H2. The number of fused-ring (bicyclic) bond motifs is 1. The van der Waals surface area contributed by atoms with E-state index >= 15 is 0 Å². The SMILES string of the molecule is Fc1ccc(NCCN2CCn3ccnc3C2)cc1. The lowest BCUT2D eigenvalue weighted by Crippen LogP contribution is -2.36. The second-order valence-corrected chi connectivity index (χ2v) is 4.75. The Bertz CT molecular complexity index is 535. The Kier molecular flexibility index (Phi) is 3.46. The van der Waals surface area contributed by atoms with Crippen molar-refractivity contribution >= 4 is 5.69 Å². The molecule has 1 aliphatic rings. The molecule has 0 aliphatic carbocycles. The Morgan fingerprint density at radius 2 is 2.05 bits per heavy atom. The molecule has 5 heteroatoms. The van der Waals surface area contributed by atoms with E-state index in [0.717, 1.165) is 44.2 Å². The minimum atomic E-state index is -0.201. The van der Waals surface area contributed by atoms with Crippen LogP contribution in [-0.4, -0.2) is 34.1 Å². The van der Waals surface area contributed by atoms with Gasteiger partial charge in [-0.2, -0.15) is 0 Å². The van der Waals surface area contributed by atoms with E-state index in [1.54, 1.807) is 12.1 Å². The topological polar surface area (TPSA) is 33.1 Å². The molecule has 1 aromatic heterocycles. The van der Waals surface area contributed by atoms with Gasteiger partial charge < -0.3 is 9.88 Å². The van der Waals surface area contributed by atoms with E-state index in [1.165, 1.54) is 12.1 Å². The molecular formula is C14H17FN4. The summed E-state index contributed by atoms with van der Waals surface area (Å²) in [5, 5.41) is 3.30. The van der Waals surface area contributed by atoms with Crippen LogP contribution in [0.4, 0.5) is 10.1 Å². The highest BCUT2D eigenvalue weighted by molar-refractivity contribution is 5.42. The molecule has 0 amide bonds. The lowest BCUT2D eigenvalue weighted by Gasteiger charge is -2.27. The van der Waals surface area contributed by atoms with Crippen LogP contribution in [0.2, 0.25) is 0 Å². The number of anilines is 1. The molecule has 100 valence electrons. The van der Waals surface area contributed by atoms with Crippen LogP contribution in [0.1, 0.15) is 5.82 Å². The van der Waals surface area contributed by atoms with E-state index in [4.69, 9.17) is 0 Å². The van der Waals surface area contributed by atoms with Crippen molar-refractivity contribution in [3.05, 3.63) is 48.3 Å².